The van der Waals surface area contributed by atoms with Gasteiger partial charge in [-0.2, -0.15) is 0 Å². The van der Waals surface area contributed by atoms with Crippen LogP contribution in [0.4, 0.5) is 0 Å². The summed E-state index contributed by atoms with van der Waals surface area (Å²) in [5, 5.41) is 9.37. The third-order valence-corrected chi connectivity index (χ3v) is 4.73. The monoisotopic (exact) mass is 270 g/mol. The summed E-state index contributed by atoms with van der Waals surface area (Å²) in [7, 11) is 0. The summed E-state index contributed by atoms with van der Waals surface area (Å²) in [6, 6.07) is -0.0807. The van der Waals surface area contributed by atoms with Crippen LogP contribution in [0.1, 0.15) is 26.7 Å². The van der Waals surface area contributed by atoms with Gasteiger partial charge in [-0.25, -0.2) is 0 Å². The van der Waals surface area contributed by atoms with Gasteiger partial charge in [-0.05, 0) is 24.7 Å². The topological polar surface area (TPSA) is 75.8 Å². The summed E-state index contributed by atoms with van der Waals surface area (Å²) < 4.78 is 5.33. The number of hydrogen-bond acceptors (Lipinski definition) is 4. The summed E-state index contributed by atoms with van der Waals surface area (Å²) in [6.45, 7) is 5.84. The van der Waals surface area contributed by atoms with Gasteiger partial charge >= 0.3 is 0 Å². The highest BCUT2D eigenvalue weighted by Crippen LogP contribution is 2.34. The molecule has 1 saturated carbocycles. The van der Waals surface area contributed by atoms with Crippen molar-refractivity contribution < 1.29 is 14.6 Å². The van der Waals surface area contributed by atoms with Crippen LogP contribution in [0.25, 0.3) is 0 Å². The van der Waals surface area contributed by atoms with Crippen LogP contribution >= 0.6 is 0 Å². The minimum atomic E-state index is -0.191. The number of ether oxygens (including phenoxy) is 1. The fourth-order valence-electron chi connectivity index (χ4n) is 3.34. The fourth-order valence-corrected chi connectivity index (χ4v) is 3.34. The highest BCUT2D eigenvalue weighted by molar-refractivity contribution is 5.79. The van der Waals surface area contributed by atoms with E-state index in [2.05, 4.69) is 13.8 Å². The van der Waals surface area contributed by atoms with E-state index in [1.807, 2.05) is 0 Å². The number of aliphatic hydroxyl groups is 1. The van der Waals surface area contributed by atoms with E-state index in [1.165, 1.54) is 0 Å². The number of nitrogens with two attached hydrogens (primary N) is 1. The van der Waals surface area contributed by atoms with Crippen molar-refractivity contribution in [2.75, 3.05) is 26.4 Å². The van der Waals surface area contributed by atoms with Crippen LogP contribution in [-0.2, 0) is 9.53 Å². The predicted octanol–water partition coefficient (Wildman–Crippen LogP) is 0.216. The summed E-state index contributed by atoms with van der Waals surface area (Å²) in [5.41, 5.74) is 6.12. The molecule has 19 heavy (non-hydrogen) atoms. The standard InChI is InChI=1S/C14H26N2O3/c1-9-5-10(2)13(15)6-12(9)14(18)16-3-4-19-8-11(16)7-17/h9-13,17H,3-8,15H2,1-2H3. The summed E-state index contributed by atoms with van der Waals surface area (Å²) in [6.07, 6.45) is 1.77. The first-order valence-electron chi connectivity index (χ1n) is 7.29. The lowest BCUT2D eigenvalue weighted by Gasteiger charge is -2.42. The normalized spacial score (nSPS) is 40.2. The van der Waals surface area contributed by atoms with Gasteiger partial charge in [-0.3, -0.25) is 4.79 Å². The van der Waals surface area contributed by atoms with E-state index in [-0.39, 0.29) is 30.5 Å². The van der Waals surface area contributed by atoms with Crippen molar-refractivity contribution in [3.05, 3.63) is 0 Å². The van der Waals surface area contributed by atoms with Gasteiger partial charge in [0.1, 0.15) is 0 Å². The Morgan fingerprint density at radius 3 is 2.79 bits per heavy atom. The van der Waals surface area contributed by atoms with E-state index >= 15 is 0 Å². The van der Waals surface area contributed by atoms with Gasteiger partial charge in [0.15, 0.2) is 0 Å². The highest BCUT2D eigenvalue weighted by atomic mass is 16.5. The number of rotatable bonds is 2. The Hall–Kier alpha value is -0.650. The highest BCUT2D eigenvalue weighted by Gasteiger charge is 2.39. The smallest absolute Gasteiger partial charge is 0.226 e. The molecule has 2 aliphatic rings. The first-order valence-corrected chi connectivity index (χ1v) is 7.29. The number of carbonyl (C=O) groups excluding carboxylic acids is 1. The van der Waals surface area contributed by atoms with Crippen molar-refractivity contribution in [3.63, 3.8) is 0 Å². The van der Waals surface area contributed by atoms with E-state index in [4.69, 9.17) is 10.5 Å². The number of nitrogens with zero attached hydrogens (tertiary/aromatic N) is 1. The molecule has 110 valence electrons. The molecule has 1 aliphatic heterocycles. The van der Waals surface area contributed by atoms with E-state index in [9.17, 15) is 9.90 Å². The summed E-state index contributed by atoms with van der Waals surface area (Å²) in [5.74, 6) is 0.998. The maximum absolute atomic E-state index is 12.7. The van der Waals surface area contributed by atoms with Gasteiger partial charge in [-0.1, -0.05) is 13.8 Å². The molecule has 1 aliphatic carbocycles. The Labute approximate surface area is 115 Å². The van der Waals surface area contributed by atoms with Crippen LogP contribution < -0.4 is 5.73 Å². The quantitative estimate of drug-likeness (QED) is 0.752. The van der Waals surface area contributed by atoms with Gasteiger partial charge in [0.2, 0.25) is 5.91 Å². The molecule has 0 spiro atoms. The lowest BCUT2D eigenvalue weighted by Crippen LogP contribution is -2.55. The van der Waals surface area contributed by atoms with Crippen LogP contribution in [0.2, 0.25) is 0 Å². The third kappa shape index (κ3) is 3.09. The van der Waals surface area contributed by atoms with Gasteiger partial charge in [0.25, 0.3) is 0 Å². The fraction of sp³-hybridized carbons (Fsp3) is 0.929. The number of morpholine rings is 1. The molecule has 5 nitrogen and oxygen atoms in total. The van der Waals surface area contributed by atoms with Gasteiger partial charge < -0.3 is 20.5 Å². The van der Waals surface area contributed by atoms with Crippen molar-refractivity contribution in [1.82, 2.24) is 4.90 Å². The number of aliphatic hydroxyl groups excluding tert-OH is 1. The molecule has 5 heteroatoms. The molecule has 5 atom stereocenters. The molecule has 0 radical (unpaired) electrons. The van der Waals surface area contributed by atoms with Crippen LogP contribution in [0.3, 0.4) is 0 Å². The molecule has 2 rings (SSSR count). The SMILES string of the molecule is CC1CC(C)C(C(=O)N2CCOCC2CO)CC1N. The lowest BCUT2D eigenvalue weighted by molar-refractivity contribution is -0.149. The zero-order valence-electron chi connectivity index (χ0n) is 11.9. The Morgan fingerprint density at radius 1 is 1.37 bits per heavy atom. The average Bonchev–Trinajstić information content (AvgIpc) is 2.42. The predicted molar refractivity (Wildman–Crippen MR) is 72.4 cm³/mol. The molecular formula is C14H26N2O3. The zero-order chi connectivity index (χ0) is 14.0. The number of hydrogen-bond donors (Lipinski definition) is 2. The first-order chi connectivity index (χ1) is 9.04. The van der Waals surface area contributed by atoms with Crippen LogP contribution in [0.15, 0.2) is 0 Å². The van der Waals surface area contributed by atoms with Crippen LogP contribution in [0.5, 0.6) is 0 Å². The number of amides is 1. The molecule has 2 fully saturated rings. The average molecular weight is 270 g/mol. The Bertz CT molecular complexity index is 324. The first kappa shape index (κ1) is 14.8. The third-order valence-electron chi connectivity index (χ3n) is 4.73. The van der Waals surface area contributed by atoms with E-state index in [0.29, 0.717) is 31.6 Å². The van der Waals surface area contributed by atoms with Crippen LogP contribution in [-0.4, -0.2) is 54.4 Å². The molecular weight excluding hydrogens is 244 g/mol. The molecule has 5 unspecified atom stereocenters. The molecule has 1 amide bonds. The molecule has 3 N–H and O–H groups in total. The van der Waals surface area contributed by atoms with E-state index in [1.54, 1.807) is 4.90 Å². The van der Waals surface area contributed by atoms with Gasteiger partial charge in [-0.15, -0.1) is 0 Å². The molecule has 0 aromatic carbocycles. The Kier molecular flexibility index (Phi) is 4.81. The summed E-state index contributed by atoms with van der Waals surface area (Å²) in [4.78, 5) is 14.5. The lowest BCUT2D eigenvalue weighted by atomic mass is 9.72. The molecule has 0 bridgehead atoms. The second-order valence-electron chi connectivity index (χ2n) is 6.14. The molecule has 1 saturated heterocycles. The van der Waals surface area contributed by atoms with Crippen LogP contribution in [0, 0.1) is 17.8 Å². The molecule has 0 aromatic rings. The maximum Gasteiger partial charge on any atom is 0.226 e. The maximum atomic E-state index is 12.7. The second-order valence-corrected chi connectivity index (χ2v) is 6.14. The van der Waals surface area contributed by atoms with Gasteiger partial charge in [0, 0.05) is 18.5 Å². The van der Waals surface area contributed by atoms with E-state index < -0.39 is 0 Å². The second kappa shape index (κ2) is 6.20. The molecule has 1 heterocycles. The number of carbonyl (C=O) groups is 1. The van der Waals surface area contributed by atoms with Gasteiger partial charge in [0.05, 0.1) is 25.9 Å². The van der Waals surface area contributed by atoms with Crippen molar-refractivity contribution in [3.8, 4) is 0 Å². The minimum Gasteiger partial charge on any atom is -0.394 e. The minimum absolute atomic E-state index is 0.00153. The van der Waals surface area contributed by atoms with Crippen molar-refractivity contribution in [1.29, 1.82) is 0 Å². The van der Waals surface area contributed by atoms with E-state index in [0.717, 1.165) is 12.8 Å². The molecule has 0 aromatic heterocycles. The Morgan fingerprint density at radius 2 is 2.11 bits per heavy atom. The van der Waals surface area contributed by atoms with Crippen molar-refractivity contribution in [2.45, 2.75) is 38.8 Å². The van der Waals surface area contributed by atoms with Crippen molar-refractivity contribution >= 4 is 5.91 Å². The largest absolute Gasteiger partial charge is 0.394 e. The summed E-state index contributed by atoms with van der Waals surface area (Å²) >= 11 is 0. The van der Waals surface area contributed by atoms with Crippen molar-refractivity contribution in [2.24, 2.45) is 23.5 Å². The zero-order valence-corrected chi connectivity index (χ0v) is 11.9. The Balaban J connectivity index is 2.05.